The van der Waals surface area contributed by atoms with Gasteiger partial charge < -0.3 is 9.64 Å². The first-order valence-corrected chi connectivity index (χ1v) is 10.4. The highest BCUT2D eigenvalue weighted by atomic mass is 16.5. The Morgan fingerprint density at radius 3 is 2.75 bits per heavy atom. The highest BCUT2D eigenvalue weighted by Gasteiger charge is 2.16. The quantitative estimate of drug-likeness (QED) is 0.385. The first kappa shape index (κ1) is 22.0. The zero-order valence-electron chi connectivity index (χ0n) is 17.7. The van der Waals surface area contributed by atoms with Crippen LogP contribution in [-0.4, -0.2) is 41.0 Å². The van der Waals surface area contributed by atoms with Gasteiger partial charge in [0.05, 0.1) is 18.9 Å². The summed E-state index contributed by atoms with van der Waals surface area (Å²) < 4.78 is 7.54. The maximum Gasteiger partial charge on any atom is 0.126 e. The number of aromatic nitrogens is 2. The number of hydrogen-bond donors (Lipinski definition) is 0. The van der Waals surface area contributed by atoms with Gasteiger partial charge in [0.15, 0.2) is 0 Å². The fourth-order valence-electron chi connectivity index (χ4n) is 3.17. The molecule has 0 amide bonds. The van der Waals surface area contributed by atoms with Crippen molar-refractivity contribution in [2.75, 3.05) is 26.3 Å². The second-order valence-corrected chi connectivity index (χ2v) is 6.97. The lowest BCUT2D eigenvalue weighted by Crippen LogP contribution is -2.36. The van der Waals surface area contributed by atoms with Crippen molar-refractivity contribution in [1.82, 2.24) is 14.7 Å². The maximum absolute atomic E-state index is 5.54. The number of rotatable bonds is 10. The molecule has 28 heavy (non-hydrogen) atoms. The molecule has 0 radical (unpaired) electrons. The maximum atomic E-state index is 5.54. The topological polar surface area (TPSA) is 30.3 Å². The van der Waals surface area contributed by atoms with Crippen LogP contribution in [0.3, 0.4) is 0 Å². The van der Waals surface area contributed by atoms with E-state index in [1.165, 1.54) is 5.57 Å². The third-order valence-corrected chi connectivity index (χ3v) is 4.63. The van der Waals surface area contributed by atoms with E-state index in [4.69, 9.17) is 9.84 Å². The molecule has 0 unspecified atom stereocenters. The second kappa shape index (κ2) is 12.2. The minimum atomic E-state index is 0.757. The number of allylic oxidation sites excluding steroid dienone is 8. The summed E-state index contributed by atoms with van der Waals surface area (Å²) in [4.78, 5) is 2.36. The van der Waals surface area contributed by atoms with Crippen molar-refractivity contribution in [3.05, 3.63) is 66.6 Å². The molecule has 0 spiro atoms. The van der Waals surface area contributed by atoms with E-state index in [0.29, 0.717) is 0 Å². The highest BCUT2D eigenvalue weighted by Crippen LogP contribution is 2.20. The van der Waals surface area contributed by atoms with Crippen LogP contribution in [0.2, 0.25) is 0 Å². The summed E-state index contributed by atoms with van der Waals surface area (Å²) in [5.41, 5.74) is 3.35. The molecule has 0 atom stereocenters. The minimum absolute atomic E-state index is 0.757. The van der Waals surface area contributed by atoms with Gasteiger partial charge in [0, 0.05) is 24.9 Å². The summed E-state index contributed by atoms with van der Waals surface area (Å²) in [5.74, 6) is 1.12. The van der Waals surface area contributed by atoms with Gasteiger partial charge in [0.25, 0.3) is 0 Å². The predicted octanol–water partition coefficient (Wildman–Crippen LogP) is 5.69. The smallest absolute Gasteiger partial charge is 0.126 e. The first-order valence-electron chi connectivity index (χ1n) is 10.4. The molecule has 0 N–H and O–H groups in total. The van der Waals surface area contributed by atoms with Crippen molar-refractivity contribution in [1.29, 1.82) is 0 Å². The molecule has 1 fully saturated rings. The Morgan fingerprint density at radius 2 is 2.07 bits per heavy atom. The van der Waals surface area contributed by atoms with Crippen LogP contribution in [0.1, 0.15) is 52.1 Å². The Hall–Kier alpha value is -2.33. The summed E-state index contributed by atoms with van der Waals surface area (Å²) in [5, 5.41) is 4.89. The molecule has 0 aliphatic carbocycles. The Morgan fingerprint density at radius 1 is 1.29 bits per heavy atom. The Balaban J connectivity index is 2.30. The summed E-state index contributed by atoms with van der Waals surface area (Å²) in [6, 6.07) is 2.08. The molecular weight excluding hydrogens is 346 g/mol. The van der Waals surface area contributed by atoms with Crippen LogP contribution in [0.15, 0.2) is 60.9 Å². The van der Waals surface area contributed by atoms with Gasteiger partial charge in [-0.25, -0.2) is 4.68 Å². The van der Waals surface area contributed by atoms with E-state index in [2.05, 4.69) is 74.0 Å². The van der Waals surface area contributed by atoms with E-state index in [1.54, 1.807) is 0 Å². The lowest BCUT2D eigenvalue weighted by molar-refractivity contribution is 0.0611. The average molecular weight is 382 g/mol. The highest BCUT2D eigenvalue weighted by molar-refractivity contribution is 5.73. The zero-order valence-corrected chi connectivity index (χ0v) is 17.7. The fourth-order valence-corrected chi connectivity index (χ4v) is 3.17. The van der Waals surface area contributed by atoms with E-state index in [9.17, 15) is 0 Å². The molecule has 0 aromatic carbocycles. The predicted molar refractivity (Wildman–Crippen MR) is 120 cm³/mol. The standard InChI is InChI=1S/C24H35N3O/c1-5-8-9-12-22(11-7-3)23-15-16-27(25-23)24(14-13-21(4)10-6-2)26-17-19-28-20-18-26/h7-9,11-12,14-16H,4-6,10,13,17-20H2,1-3H3/b9-8+,11-7-,22-12+,24-14-. The molecule has 1 saturated heterocycles. The minimum Gasteiger partial charge on any atom is -0.378 e. The molecule has 1 aliphatic heterocycles. The molecule has 4 nitrogen and oxygen atoms in total. The van der Waals surface area contributed by atoms with Crippen molar-refractivity contribution in [3.63, 3.8) is 0 Å². The van der Waals surface area contributed by atoms with Crippen LogP contribution in [0, 0.1) is 0 Å². The monoisotopic (exact) mass is 381 g/mol. The van der Waals surface area contributed by atoms with Gasteiger partial charge in [0.2, 0.25) is 0 Å². The number of morpholine rings is 1. The van der Waals surface area contributed by atoms with Gasteiger partial charge in [-0.1, -0.05) is 62.8 Å². The second-order valence-electron chi connectivity index (χ2n) is 6.97. The summed E-state index contributed by atoms with van der Waals surface area (Å²) >= 11 is 0. The van der Waals surface area contributed by atoms with Gasteiger partial charge in [0.1, 0.15) is 5.82 Å². The van der Waals surface area contributed by atoms with Crippen molar-refractivity contribution < 1.29 is 4.74 Å². The van der Waals surface area contributed by atoms with Gasteiger partial charge in [-0.05, 0) is 38.3 Å². The van der Waals surface area contributed by atoms with E-state index >= 15 is 0 Å². The third kappa shape index (κ3) is 6.68. The summed E-state index contributed by atoms with van der Waals surface area (Å²) in [7, 11) is 0. The Bertz CT molecular complexity index is 731. The molecule has 152 valence electrons. The molecular formula is C24H35N3O. The van der Waals surface area contributed by atoms with Gasteiger partial charge in [-0.3, -0.25) is 0 Å². The number of nitrogens with zero attached hydrogens (tertiary/aromatic N) is 3. The molecule has 0 bridgehead atoms. The van der Waals surface area contributed by atoms with Crippen LogP contribution >= 0.6 is 0 Å². The van der Waals surface area contributed by atoms with Gasteiger partial charge in [-0.2, -0.15) is 5.10 Å². The van der Waals surface area contributed by atoms with Gasteiger partial charge in [-0.15, -0.1) is 0 Å². The van der Waals surface area contributed by atoms with E-state index in [-0.39, 0.29) is 0 Å². The number of hydrogen-bond acceptors (Lipinski definition) is 3. The molecule has 1 aliphatic rings. The van der Waals surface area contributed by atoms with E-state index in [0.717, 1.165) is 69.1 Å². The lowest BCUT2D eigenvalue weighted by Gasteiger charge is -2.31. The Labute approximate surface area is 170 Å². The summed E-state index contributed by atoms with van der Waals surface area (Å²) in [6.45, 7) is 13.9. The molecule has 1 aromatic heterocycles. The van der Waals surface area contributed by atoms with Crippen molar-refractivity contribution >= 4 is 11.4 Å². The van der Waals surface area contributed by atoms with E-state index in [1.807, 2.05) is 11.6 Å². The van der Waals surface area contributed by atoms with Crippen molar-refractivity contribution in [2.24, 2.45) is 0 Å². The summed E-state index contributed by atoms with van der Waals surface area (Å²) in [6.07, 6.45) is 19.0. The van der Waals surface area contributed by atoms with Crippen molar-refractivity contribution in [2.45, 2.75) is 46.5 Å². The fraction of sp³-hybridized carbons (Fsp3) is 0.458. The molecule has 4 heteroatoms. The molecule has 1 aromatic rings. The molecule has 2 rings (SSSR count). The third-order valence-electron chi connectivity index (χ3n) is 4.63. The molecule has 0 saturated carbocycles. The van der Waals surface area contributed by atoms with Gasteiger partial charge >= 0.3 is 0 Å². The SMILES string of the molecule is C=C(C/C=C(/N1CCOCC1)n1ccc(C(/C=C\C)=C/C=C/CC)n1)CCC. The van der Waals surface area contributed by atoms with E-state index < -0.39 is 0 Å². The van der Waals surface area contributed by atoms with Crippen molar-refractivity contribution in [3.8, 4) is 0 Å². The average Bonchev–Trinajstić information content (AvgIpc) is 3.18. The van der Waals surface area contributed by atoms with Crippen LogP contribution < -0.4 is 0 Å². The zero-order chi connectivity index (χ0) is 20.2. The van der Waals surface area contributed by atoms with Crippen LogP contribution in [-0.2, 0) is 4.74 Å². The molecule has 2 heterocycles. The number of ether oxygens (including phenoxy) is 1. The largest absolute Gasteiger partial charge is 0.378 e. The Kier molecular flexibility index (Phi) is 9.56. The first-order chi connectivity index (χ1) is 13.7. The normalized spacial score (nSPS) is 16.5. The lowest BCUT2D eigenvalue weighted by atomic mass is 10.1. The van der Waals surface area contributed by atoms with Crippen LogP contribution in [0.4, 0.5) is 0 Å². The van der Waals surface area contributed by atoms with Crippen LogP contribution in [0.25, 0.3) is 11.4 Å². The van der Waals surface area contributed by atoms with Crippen LogP contribution in [0.5, 0.6) is 0 Å².